The Kier molecular flexibility index (Phi) is 7.49. The maximum Gasteiger partial charge on any atom is 0.242 e. The van der Waals surface area contributed by atoms with Crippen LogP contribution in [0.1, 0.15) is 18.1 Å². The van der Waals surface area contributed by atoms with E-state index in [2.05, 4.69) is 5.32 Å². The number of hydrogen-bond donors (Lipinski definition) is 1. The average Bonchev–Trinajstić information content (AvgIpc) is 2.65. The monoisotopic (exact) mass is 392 g/mol. The zero-order chi connectivity index (χ0) is 19.1. The molecule has 0 radical (unpaired) electrons. The minimum atomic E-state index is -0.586. The Morgan fingerprint density at radius 3 is 2.23 bits per heavy atom. The quantitative estimate of drug-likeness (QED) is 0.779. The first-order chi connectivity index (χ1) is 12.4. The van der Waals surface area contributed by atoms with Gasteiger partial charge in [0.2, 0.25) is 11.8 Å². The molecule has 0 saturated carbocycles. The number of benzene rings is 2. The highest BCUT2D eigenvalue weighted by molar-refractivity contribution is 6.36. The molecule has 2 amide bonds. The van der Waals surface area contributed by atoms with Gasteiger partial charge in [0.1, 0.15) is 6.04 Å². The van der Waals surface area contributed by atoms with Crippen LogP contribution in [0.2, 0.25) is 10.0 Å². The highest BCUT2D eigenvalue weighted by Gasteiger charge is 2.26. The summed E-state index contributed by atoms with van der Waals surface area (Å²) in [5.74, 6) is -0.399. The lowest BCUT2D eigenvalue weighted by Crippen LogP contribution is -2.48. The molecule has 0 aliphatic heterocycles. The second-order valence-corrected chi connectivity index (χ2v) is 6.80. The number of halogens is 2. The number of likely N-dealkylation sites (N-methyl/N-ethyl adjacent to an activating group) is 1. The first kappa shape index (κ1) is 20.3. The highest BCUT2D eigenvalue weighted by Crippen LogP contribution is 2.25. The van der Waals surface area contributed by atoms with E-state index in [0.717, 1.165) is 5.56 Å². The van der Waals surface area contributed by atoms with Gasteiger partial charge in [-0.3, -0.25) is 9.59 Å². The van der Waals surface area contributed by atoms with Crippen LogP contribution in [-0.2, 0) is 22.4 Å². The molecular weight excluding hydrogens is 371 g/mol. The largest absolute Gasteiger partial charge is 0.357 e. The molecule has 0 heterocycles. The van der Waals surface area contributed by atoms with E-state index in [1.54, 1.807) is 37.1 Å². The molecule has 2 aromatic carbocycles. The molecule has 1 N–H and O–H groups in total. The van der Waals surface area contributed by atoms with Crippen LogP contribution in [0.15, 0.2) is 48.5 Å². The fourth-order valence-electron chi connectivity index (χ4n) is 2.73. The van der Waals surface area contributed by atoms with E-state index >= 15 is 0 Å². The van der Waals surface area contributed by atoms with Crippen molar-refractivity contribution in [3.05, 3.63) is 69.7 Å². The van der Waals surface area contributed by atoms with E-state index < -0.39 is 6.04 Å². The Morgan fingerprint density at radius 1 is 1.04 bits per heavy atom. The van der Waals surface area contributed by atoms with Crippen molar-refractivity contribution in [3.63, 3.8) is 0 Å². The number of carbonyl (C=O) groups excluding carboxylic acids is 2. The Morgan fingerprint density at radius 2 is 1.65 bits per heavy atom. The maximum absolute atomic E-state index is 12.9. The van der Waals surface area contributed by atoms with Crippen molar-refractivity contribution < 1.29 is 9.59 Å². The van der Waals surface area contributed by atoms with Crippen molar-refractivity contribution in [2.75, 3.05) is 13.6 Å². The van der Waals surface area contributed by atoms with Crippen molar-refractivity contribution in [3.8, 4) is 0 Å². The molecule has 1 atom stereocenters. The summed E-state index contributed by atoms with van der Waals surface area (Å²) >= 11 is 12.4. The summed E-state index contributed by atoms with van der Waals surface area (Å²) in [5, 5.41) is 3.49. The Bertz CT molecular complexity index is 745. The van der Waals surface area contributed by atoms with Crippen LogP contribution in [0.4, 0.5) is 0 Å². The number of amides is 2. The van der Waals surface area contributed by atoms with E-state index in [0.29, 0.717) is 28.6 Å². The fourth-order valence-corrected chi connectivity index (χ4v) is 3.26. The van der Waals surface area contributed by atoms with Gasteiger partial charge < -0.3 is 10.2 Å². The molecule has 0 aromatic heterocycles. The smallest absolute Gasteiger partial charge is 0.242 e. The molecule has 0 aliphatic rings. The van der Waals surface area contributed by atoms with Crippen molar-refractivity contribution in [1.82, 2.24) is 10.2 Å². The van der Waals surface area contributed by atoms with Crippen molar-refractivity contribution in [2.45, 2.75) is 25.8 Å². The second kappa shape index (κ2) is 9.60. The number of nitrogens with zero attached hydrogens (tertiary/aromatic N) is 1. The second-order valence-electron chi connectivity index (χ2n) is 5.99. The summed E-state index contributed by atoms with van der Waals surface area (Å²) in [5.41, 5.74) is 1.68. The van der Waals surface area contributed by atoms with Crippen molar-refractivity contribution >= 4 is 35.0 Å². The predicted octanol–water partition coefficient (Wildman–Crippen LogP) is 3.74. The van der Waals surface area contributed by atoms with E-state index in [4.69, 9.17) is 23.2 Å². The number of carbonyl (C=O) groups is 2. The minimum Gasteiger partial charge on any atom is -0.357 e. The van der Waals surface area contributed by atoms with Gasteiger partial charge in [-0.05, 0) is 36.6 Å². The predicted molar refractivity (Wildman–Crippen MR) is 106 cm³/mol. The van der Waals surface area contributed by atoms with Crippen LogP contribution in [0.25, 0.3) is 0 Å². The molecule has 0 fully saturated rings. The standard InChI is InChI=1S/C20H22Cl2N2O2/c1-14(20(26)23-2)24(12-11-15-7-4-3-5-8-15)19(25)13-16-17(21)9-6-10-18(16)22/h3-10,14H,11-13H2,1-2H3,(H,23,26)/t14-/m0/s1. The van der Waals surface area contributed by atoms with Gasteiger partial charge in [0.25, 0.3) is 0 Å². The molecule has 138 valence electrons. The maximum atomic E-state index is 12.9. The third kappa shape index (κ3) is 5.23. The molecule has 6 heteroatoms. The Balaban J connectivity index is 2.19. The third-order valence-electron chi connectivity index (χ3n) is 4.29. The van der Waals surface area contributed by atoms with Crippen LogP contribution >= 0.6 is 23.2 Å². The minimum absolute atomic E-state index is 0.0502. The number of hydrogen-bond acceptors (Lipinski definition) is 2. The fraction of sp³-hybridized carbons (Fsp3) is 0.300. The number of rotatable bonds is 7. The first-order valence-corrected chi connectivity index (χ1v) is 9.17. The summed E-state index contributed by atoms with van der Waals surface area (Å²) < 4.78 is 0. The molecule has 0 saturated heterocycles. The molecule has 0 bridgehead atoms. The van der Waals surface area contributed by atoms with Crippen LogP contribution in [0, 0.1) is 0 Å². The molecule has 0 spiro atoms. The Hall–Kier alpha value is -2.04. The van der Waals surface area contributed by atoms with Crippen molar-refractivity contribution in [2.24, 2.45) is 0 Å². The zero-order valence-electron chi connectivity index (χ0n) is 14.8. The van der Waals surface area contributed by atoms with Gasteiger partial charge in [0.05, 0.1) is 6.42 Å². The van der Waals surface area contributed by atoms with E-state index in [-0.39, 0.29) is 18.2 Å². The molecular formula is C20H22Cl2N2O2. The molecule has 2 aromatic rings. The normalized spacial score (nSPS) is 11.7. The lowest BCUT2D eigenvalue weighted by Gasteiger charge is -2.28. The lowest BCUT2D eigenvalue weighted by molar-refractivity contribution is -0.139. The summed E-state index contributed by atoms with van der Waals surface area (Å²) in [6, 6.07) is 14.4. The number of nitrogens with one attached hydrogen (secondary N) is 1. The van der Waals surface area contributed by atoms with E-state index in [9.17, 15) is 9.59 Å². The lowest BCUT2D eigenvalue weighted by atomic mass is 10.1. The third-order valence-corrected chi connectivity index (χ3v) is 5.00. The van der Waals surface area contributed by atoms with Gasteiger partial charge in [-0.1, -0.05) is 59.6 Å². The molecule has 2 rings (SSSR count). The van der Waals surface area contributed by atoms with Gasteiger partial charge >= 0.3 is 0 Å². The summed E-state index contributed by atoms with van der Waals surface area (Å²) in [6.07, 6.45) is 0.707. The van der Waals surface area contributed by atoms with E-state index in [1.807, 2.05) is 30.3 Å². The van der Waals surface area contributed by atoms with Gasteiger partial charge in [0.15, 0.2) is 0 Å². The Labute approximate surface area is 164 Å². The topological polar surface area (TPSA) is 49.4 Å². The molecule has 0 unspecified atom stereocenters. The van der Waals surface area contributed by atoms with Crippen LogP contribution in [-0.4, -0.2) is 36.3 Å². The summed E-state index contributed by atoms with van der Waals surface area (Å²) in [4.78, 5) is 26.6. The highest BCUT2D eigenvalue weighted by atomic mass is 35.5. The van der Waals surface area contributed by atoms with E-state index in [1.165, 1.54) is 0 Å². The van der Waals surface area contributed by atoms with Crippen molar-refractivity contribution in [1.29, 1.82) is 0 Å². The van der Waals surface area contributed by atoms with Gasteiger partial charge in [-0.2, -0.15) is 0 Å². The summed E-state index contributed by atoms with van der Waals surface area (Å²) in [6.45, 7) is 2.15. The molecule has 26 heavy (non-hydrogen) atoms. The summed E-state index contributed by atoms with van der Waals surface area (Å²) in [7, 11) is 1.56. The first-order valence-electron chi connectivity index (χ1n) is 8.42. The van der Waals surface area contributed by atoms with Gasteiger partial charge in [-0.15, -0.1) is 0 Å². The van der Waals surface area contributed by atoms with Crippen LogP contribution < -0.4 is 5.32 Å². The molecule has 4 nitrogen and oxygen atoms in total. The SMILES string of the molecule is CNC(=O)[C@H](C)N(CCc1ccccc1)C(=O)Cc1c(Cl)cccc1Cl. The van der Waals surface area contributed by atoms with Gasteiger partial charge in [-0.25, -0.2) is 0 Å². The van der Waals surface area contributed by atoms with Crippen LogP contribution in [0.3, 0.4) is 0 Å². The zero-order valence-corrected chi connectivity index (χ0v) is 16.3. The average molecular weight is 393 g/mol. The van der Waals surface area contributed by atoms with Gasteiger partial charge in [0, 0.05) is 23.6 Å². The van der Waals surface area contributed by atoms with Crippen LogP contribution in [0.5, 0.6) is 0 Å². The molecule has 0 aliphatic carbocycles.